The van der Waals surface area contributed by atoms with E-state index >= 15 is 0 Å². The van der Waals surface area contributed by atoms with Gasteiger partial charge in [0.1, 0.15) is 6.10 Å². The summed E-state index contributed by atoms with van der Waals surface area (Å²) in [6.07, 6.45) is 1.87. The van der Waals surface area contributed by atoms with Crippen molar-refractivity contribution < 1.29 is 9.53 Å². The van der Waals surface area contributed by atoms with E-state index in [2.05, 4.69) is 0 Å². The van der Waals surface area contributed by atoms with Gasteiger partial charge in [0.25, 0.3) is 6.47 Å². The topological polar surface area (TPSA) is 26.3 Å². The molecule has 0 radical (unpaired) electrons. The van der Waals surface area contributed by atoms with Crippen LogP contribution in [0.1, 0.15) is 13.8 Å². The third-order valence-electron chi connectivity index (χ3n) is 2.29. The van der Waals surface area contributed by atoms with Crippen LogP contribution in [0, 0.1) is 11.3 Å². The van der Waals surface area contributed by atoms with Crippen LogP contribution in [-0.2, 0) is 9.53 Å². The van der Waals surface area contributed by atoms with E-state index < -0.39 is 0 Å². The average Bonchev–Trinajstić information content (AvgIpc) is 2.41. The van der Waals surface area contributed by atoms with Gasteiger partial charge in [0.15, 0.2) is 0 Å². The van der Waals surface area contributed by atoms with Crippen LogP contribution in [0.5, 0.6) is 0 Å². The molecule has 0 heterocycles. The van der Waals surface area contributed by atoms with Crippen molar-refractivity contribution in [3.63, 3.8) is 0 Å². The summed E-state index contributed by atoms with van der Waals surface area (Å²) in [5.41, 5.74) is 1.53. The lowest BCUT2D eigenvalue weighted by molar-refractivity contribution is -0.130. The average molecular weight is 175 g/mol. The number of rotatable bonds is 3. The highest BCUT2D eigenvalue weighted by Crippen LogP contribution is 2.54. The molecule has 0 spiro atoms. The monoisotopic (exact) mass is 174 g/mol. The van der Waals surface area contributed by atoms with E-state index in [4.69, 9.17) is 16.3 Å². The Labute approximate surface area is 71.2 Å². The normalized spacial score (nSPS) is 33.7. The van der Waals surface area contributed by atoms with Crippen LogP contribution in [0.3, 0.4) is 0 Å². The highest BCUT2D eigenvalue weighted by Gasteiger charge is 2.58. The van der Waals surface area contributed by atoms with Crippen molar-refractivity contribution in [1.82, 2.24) is 0 Å². The smallest absolute Gasteiger partial charge is 0.293 e. The molecule has 0 aliphatic heterocycles. The molecule has 1 fully saturated rings. The first-order chi connectivity index (χ1) is 5.14. The summed E-state index contributed by atoms with van der Waals surface area (Å²) in [5.74, 6) is 0.283. The fourth-order valence-electron chi connectivity index (χ4n) is 1.38. The van der Waals surface area contributed by atoms with Crippen molar-refractivity contribution >= 4 is 18.1 Å². The second-order valence-corrected chi connectivity index (χ2v) is 3.57. The van der Waals surface area contributed by atoms with E-state index in [-0.39, 0.29) is 17.4 Å². The van der Waals surface area contributed by atoms with Crippen molar-refractivity contribution in [2.75, 3.05) is 0 Å². The first-order valence-corrected chi connectivity index (χ1v) is 3.94. The van der Waals surface area contributed by atoms with Crippen molar-refractivity contribution in [3.8, 4) is 0 Å². The van der Waals surface area contributed by atoms with Crippen LogP contribution in [0.2, 0.25) is 0 Å². The van der Waals surface area contributed by atoms with Gasteiger partial charge in [0, 0.05) is 16.9 Å². The summed E-state index contributed by atoms with van der Waals surface area (Å²) >= 11 is 5.40. The maximum atomic E-state index is 10.0. The van der Waals surface area contributed by atoms with Gasteiger partial charge in [0.05, 0.1) is 0 Å². The molecule has 62 valence electrons. The Kier molecular flexibility index (Phi) is 2.23. The molecule has 0 aromatic heterocycles. The van der Waals surface area contributed by atoms with Crippen LogP contribution in [0.15, 0.2) is 11.6 Å². The molecule has 0 N–H and O–H groups in total. The summed E-state index contributed by atoms with van der Waals surface area (Å²) in [5, 5.41) is 0. The van der Waals surface area contributed by atoms with Gasteiger partial charge in [-0.3, -0.25) is 4.79 Å². The Balaban J connectivity index is 2.52. The number of hydrogen-bond acceptors (Lipinski definition) is 2. The molecule has 1 saturated carbocycles. The molecule has 0 aromatic rings. The first kappa shape index (κ1) is 8.60. The number of hydrogen-bond donors (Lipinski definition) is 0. The van der Waals surface area contributed by atoms with Crippen LogP contribution < -0.4 is 0 Å². The molecule has 2 atom stereocenters. The van der Waals surface area contributed by atoms with Gasteiger partial charge in [-0.15, -0.1) is 0 Å². The summed E-state index contributed by atoms with van der Waals surface area (Å²) < 4.78 is 4.84. The maximum absolute atomic E-state index is 10.0. The van der Waals surface area contributed by atoms with Gasteiger partial charge in [-0.05, 0) is 0 Å². The molecule has 1 aliphatic carbocycles. The lowest BCUT2D eigenvalue weighted by Crippen LogP contribution is -1.98. The fraction of sp³-hybridized carbons (Fsp3) is 0.625. The Morgan fingerprint density at radius 1 is 1.55 bits per heavy atom. The minimum Gasteiger partial charge on any atom is -0.463 e. The van der Waals surface area contributed by atoms with Crippen LogP contribution in [0.25, 0.3) is 0 Å². The Morgan fingerprint density at radius 3 is 2.64 bits per heavy atom. The SMILES string of the molecule is CC1(C)C(/C=C\Cl)C1OC=O. The molecule has 2 unspecified atom stereocenters. The zero-order chi connectivity index (χ0) is 8.48. The van der Waals surface area contributed by atoms with Crippen LogP contribution in [0.4, 0.5) is 0 Å². The van der Waals surface area contributed by atoms with Gasteiger partial charge in [-0.1, -0.05) is 31.5 Å². The minimum absolute atomic E-state index is 0.00926. The molecule has 11 heavy (non-hydrogen) atoms. The van der Waals surface area contributed by atoms with Gasteiger partial charge < -0.3 is 4.74 Å². The van der Waals surface area contributed by atoms with Crippen LogP contribution in [-0.4, -0.2) is 12.6 Å². The quantitative estimate of drug-likeness (QED) is 0.612. The zero-order valence-corrected chi connectivity index (χ0v) is 7.34. The van der Waals surface area contributed by atoms with Crippen molar-refractivity contribution in [1.29, 1.82) is 0 Å². The second-order valence-electron chi connectivity index (χ2n) is 3.32. The second kappa shape index (κ2) is 2.86. The first-order valence-electron chi connectivity index (χ1n) is 3.50. The van der Waals surface area contributed by atoms with Gasteiger partial charge in [-0.25, -0.2) is 0 Å². The summed E-state index contributed by atoms with van der Waals surface area (Å²) in [7, 11) is 0. The van der Waals surface area contributed by atoms with E-state index in [1.54, 1.807) is 0 Å². The maximum Gasteiger partial charge on any atom is 0.293 e. The molecular weight excluding hydrogens is 164 g/mol. The zero-order valence-electron chi connectivity index (χ0n) is 6.58. The standard InChI is InChI=1S/C8H11ClO2/c1-8(2)6(3-4-9)7(8)11-5-10/h3-7H,1-2H3/b4-3-. The Bertz CT molecular complexity index is 187. The van der Waals surface area contributed by atoms with E-state index in [0.717, 1.165) is 0 Å². The van der Waals surface area contributed by atoms with Crippen molar-refractivity contribution in [2.24, 2.45) is 11.3 Å². The highest BCUT2D eigenvalue weighted by molar-refractivity contribution is 6.25. The lowest BCUT2D eigenvalue weighted by Gasteiger charge is -1.97. The summed E-state index contributed by atoms with van der Waals surface area (Å²) in [6, 6.07) is 0. The van der Waals surface area contributed by atoms with Gasteiger partial charge in [0.2, 0.25) is 0 Å². The predicted molar refractivity (Wildman–Crippen MR) is 43.2 cm³/mol. The van der Waals surface area contributed by atoms with Crippen molar-refractivity contribution in [3.05, 3.63) is 11.6 Å². The highest BCUT2D eigenvalue weighted by atomic mass is 35.5. The molecule has 3 heteroatoms. The molecule has 1 rings (SSSR count). The Hall–Kier alpha value is -0.500. The van der Waals surface area contributed by atoms with Gasteiger partial charge >= 0.3 is 0 Å². The number of carbonyl (C=O) groups is 1. The molecular formula is C8H11ClO2. The van der Waals surface area contributed by atoms with E-state index in [0.29, 0.717) is 6.47 Å². The van der Waals surface area contributed by atoms with E-state index in [1.165, 1.54) is 5.54 Å². The third-order valence-corrected chi connectivity index (χ3v) is 2.44. The lowest BCUT2D eigenvalue weighted by atomic mass is 10.1. The van der Waals surface area contributed by atoms with E-state index in [1.807, 2.05) is 19.9 Å². The number of halogens is 1. The summed E-state index contributed by atoms with van der Waals surface area (Å²) in [4.78, 5) is 10.0. The van der Waals surface area contributed by atoms with E-state index in [9.17, 15) is 4.79 Å². The largest absolute Gasteiger partial charge is 0.463 e. The molecule has 1 aliphatic rings. The van der Waals surface area contributed by atoms with Crippen molar-refractivity contribution in [2.45, 2.75) is 20.0 Å². The molecule has 0 saturated heterocycles. The number of ether oxygens (including phenoxy) is 1. The fourth-order valence-corrected chi connectivity index (χ4v) is 1.53. The van der Waals surface area contributed by atoms with Crippen LogP contribution >= 0.6 is 11.6 Å². The van der Waals surface area contributed by atoms with Gasteiger partial charge in [-0.2, -0.15) is 0 Å². The number of carbonyl (C=O) groups excluding carboxylic acids is 1. The summed E-state index contributed by atoms with van der Waals surface area (Å²) in [6.45, 7) is 4.58. The minimum atomic E-state index is 0.00926. The third kappa shape index (κ3) is 1.41. The molecule has 2 nitrogen and oxygen atoms in total. The Morgan fingerprint density at radius 2 is 2.18 bits per heavy atom. The molecule has 0 amide bonds. The molecule has 0 bridgehead atoms. The molecule has 0 aromatic carbocycles. The predicted octanol–water partition coefficient (Wildman–Crippen LogP) is 1.94.